The lowest BCUT2D eigenvalue weighted by atomic mass is 10.1. The fourth-order valence-corrected chi connectivity index (χ4v) is 2.08. The fraction of sp³-hybridized carbons (Fsp3) is 0.250. The maximum atomic E-state index is 5.23. The Morgan fingerprint density at radius 1 is 1.00 bits per heavy atom. The number of aryl methyl sites for hydroxylation is 1. The van der Waals surface area contributed by atoms with Crippen molar-refractivity contribution in [2.75, 3.05) is 7.11 Å². The zero-order chi connectivity index (χ0) is 14.5. The summed E-state index contributed by atoms with van der Waals surface area (Å²) in [5.41, 5.74) is 2.78. The third kappa shape index (κ3) is 3.31. The molecule has 0 saturated carbocycles. The first-order valence-corrected chi connectivity index (χ1v) is 6.78. The Labute approximate surface area is 123 Å². The van der Waals surface area contributed by atoms with Gasteiger partial charge in [0.2, 0.25) is 6.29 Å². The molecule has 0 radical (unpaired) electrons. The van der Waals surface area contributed by atoms with Gasteiger partial charge in [-0.15, -0.1) is 0 Å². The van der Waals surface area contributed by atoms with E-state index >= 15 is 0 Å². The highest BCUT2D eigenvalue weighted by Gasteiger charge is 2.12. The topological polar surface area (TPSA) is 53.5 Å². The van der Waals surface area contributed by atoms with Gasteiger partial charge in [0.25, 0.3) is 0 Å². The lowest BCUT2D eigenvalue weighted by Gasteiger charge is -2.09. The molecule has 5 nitrogen and oxygen atoms in total. The van der Waals surface area contributed by atoms with Crippen molar-refractivity contribution >= 4 is 0 Å². The van der Waals surface area contributed by atoms with E-state index in [-0.39, 0.29) is 6.29 Å². The smallest absolute Gasteiger partial charge is 0.240 e. The number of ether oxygens (including phenoxy) is 3. The molecule has 0 bridgehead atoms. The molecule has 2 heterocycles. The summed E-state index contributed by atoms with van der Waals surface area (Å²) in [7, 11) is 1.65. The zero-order valence-electron chi connectivity index (χ0n) is 11.7. The Morgan fingerprint density at radius 2 is 1.76 bits per heavy atom. The van der Waals surface area contributed by atoms with E-state index in [0.717, 1.165) is 35.5 Å². The molecule has 1 aromatic heterocycles. The summed E-state index contributed by atoms with van der Waals surface area (Å²) in [6.45, 7) is 0. The van der Waals surface area contributed by atoms with Gasteiger partial charge in [0.05, 0.1) is 18.5 Å². The highest BCUT2D eigenvalue weighted by molar-refractivity contribution is 5.59. The zero-order valence-corrected chi connectivity index (χ0v) is 11.7. The van der Waals surface area contributed by atoms with Crippen LogP contribution in [0.15, 0.2) is 48.9 Å². The predicted octanol–water partition coefficient (Wildman–Crippen LogP) is 2.93. The minimum Gasteiger partial charge on any atom is -0.497 e. The third-order valence-corrected chi connectivity index (χ3v) is 3.26. The molecule has 21 heavy (non-hydrogen) atoms. The quantitative estimate of drug-likeness (QED) is 0.845. The number of benzene rings is 1. The van der Waals surface area contributed by atoms with E-state index in [1.165, 1.54) is 0 Å². The fourth-order valence-electron chi connectivity index (χ4n) is 2.08. The molecule has 0 aliphatic carbocycles. The molecule has 0 amide bonds. The van der Waals surface area contributed by atoms with Crippen molar-refractivity contribution in [1.29, 1.82) is 0 Å². The Balaban J connectivity index is 1.62. The van der Waals surface area contributed by atoms with Crippen molar-refractivity contribution in [1.82, 2.24) is 10.2 Å². The third-order valence-electron chi connectivity index (χ3n) is 3.26. The summed E-state index contributed by atoms with van der Waals surface area (Å²) in [6.07, 6.45) is 4.44. The first-order valence-electron chi connectivity index (χ1n) is 6.78. The SMILES string of the molecule is COc1ccc(-c2ccc(CCC3OC=CO3)nn2)cc1. The largest absolute Gasteiger partial charge is 0.497 e. The van der Waals surface area contributed by atoms with Crippen LogP contribution in [0.3, 0.4) is 0 Å². The maximum absolute atomic E-state index is 5.23. The molecule has 0 fully saturated rings. The standard InChI is InChI=1S/C16H16N2O3/c1-19-14-6-2-12(3-7-14)15-8-4-13(17-18-15)5-9-16-20-10-11-21-16/h2-4,6-8,10-11,16H,5,9H2,1H3. The molecule has 0 saturated heterocycles. The van der Waals surface area contributed by atoms with Crippen LogP contribution in [-0.2, 0) is 15.9 Å². The van der Waals surface area contributed by atoms with Crippen molar-refractivity contribution in [2.45, 2.75) is 19.1 Å². The maximum Gasteiger partial charge on any atom is 0.240 e. The summed E-state index contributed by atoms with van der Waals surface area (Å²) in [4.78, 5) is 0. The number of hydrogen-bond donors (Lipinski definition) is 0. The monoisotopic (exact) mass is 284 g/mol. The van der Waals surface area contributed by atoms with E-state index in [9.17, 15) is 0 Å². The van der Waals surface area contributed by atoms with Gasteiger partial charge in [-0.3, -0.25) is 0 Å². The van der Waals surface area contributed by atoms with Crippen LogP contribution in [0.25, 0.3) is 11.3 Å². The van der Waals surface area contributed by atoms with Crippen LogP contribution in [0.4, 0.5) is 0 Å². The summed E-state index contributed by atoms with van der Waals surface area (Å²) < 4.78 is 15.6. The molecule has 108 valence electrons. The minimum absolute atomic E-state index is 0.201. The predicted molar refractivity (Wildman–Crippen MR) is 77.4 cm³/mol. The second-order valence-electron chi connectivity index (χ2n) is 4.65. The van der Waals surface area contributed by atoms with Crippen LogP contribution in [0.1, 0.15) is 12.1 Å². The van der Waals surface area contributed by atoms with Crippen LogP contribution in [0, 0.1) is 0 Å². The lowest BCUT2D eigenvalue weighted by molar-refractivity contribution is -0.0277. The van der Waals surface area contributed by atoms with Crippen molar-refractivity contribution in [3.05, 3.63) is 54.6 Å². The molecule has 0 atom stereocenters. The molecule has 5 heteroatoms. The second-order valence-corrected chi connectivity index (χ2v) is 4.65. The number of methoxy groups -OCH3 is 1. The van der Waals surface area contributed by atoms with E-state index in [2.05, 4.69) is 10.2 Å². The summed E-state index contributed by atoms with van der Waals surface area (Å²) >= 11 is 0. The van der Waals surface area contributed by atoms with E-state index < -0.39 is 0 Å². The van der Waals surface area contributed by atoms with Crippen molar-refractivity contribution in [2.24, 2.45) is 0 Å². The van der Waals surface area contributed by atoms with Crippen molar-refractivity contribution in [3.63, 3.8) is 0 Å². The van der Waals surface area contributed by atoms with E-state index in [4.69, 9.17) is 14.2 Å². The summed E-state index contributed by atoms with van der Waals surface area (Å²) in [5.74, 6) is 0.827. The van der Waals surface area contributed by atoms with Crippen LogP contribution < -0.4 is 4.74 Å². The highest BCUT2D eigenvalue weighted by atomic mass is 16.7. The molecule has 3 rings (SSSR count). The van der Waals surface area contributed by atoms with E-state index in [1.807, 2.05) is 36.4 Å². The molecule has 0 N–H and O–H groups in total. The van der Waals surface area contributed by atoms with Gasteiger partial charge >= 0.3 is 0 Å². The normalized spacial score (nSPS) is 13.8. The lowest BCUT2D eigenvalue weighted by Crippen LogP contribution is -2.09. The number of nitrogens with zero attached hydrogens (tertiary/aromatic N) is 2. The average Bonchev–Trinajstić information content (AvgIpc) is 3.07. The van der Waals surface area contributed by atoms with Crippen LogP contribution >= 0.6 is 0 Å². The van der Waals surface area contributed by atoms with Gasteiger partial charge in [0.15, 0.2) is 0 Å². The molecule has 1 aliphatic rings. The summed E-state index contributed by atoms with van der Waals surface area (Å²) in [5, 5.41) is 8.51. The van der Waals surface area contributed by atoms with Gasteiger partial charge in [-0.05, 0) is 42.8 Å². The van der Waals surface area contributed by atoms with Gasteiger partial charge in [0, 0.05) is 12.0 Å². The van der Waals surface area contributed by atoms with Gasteiger partial charge in [-0.2, -0.15) is 10.2 Å². The number of aromatic nitrogens is 2. The minimum atomic E-state index is -0.201. The van der Waals surface area contributed by atoms with Crippen LogP contribution in [0.2, 0.25) is 0 Å². The van der Waals surface area contributed by atoms with Crippen molar-refractivity contribution < 1.29 is 14.2 Å². The van der Waals surface area contributed by atoms with Gasteiger partial charge < -0.3 is 14.2 Å². The number of hydrogen-bond acceptors (Lipinski definition) is 5. The van der Waals surface area contributed by atoms with E-state index in [1.54, 1.807) is 19.6 Å². The first kappa shape index (κ1) is 13.4. The average molecular weight is 284 g/mol. The van der Waals surface area contributed by atoms with Gasteiger partial charge in [-0.25, -0.2) is 0 Å². The molecule has 1 aliphatic heterocycles. The molecule has 1 aromatic carbocycles. The van der Waals surface area contributed by atoms with Gasteiger partial charge in [0.1, 0.15) is 18.3 Å². The van der Waals surface area contributed by atoms with Crippen LogP contribution in [-0.4, -0.2) is 23.6 Å². The van der Waals surface area contributed by atoms with E-state index in [0.29, 0.717) is 0 Å². The number of rotatable bonds is 5. The van der Waals surface area contributed by atoms with Gasteiger partial charge in [-0.1, -0.05) is 0 Å². The molecule has 2 aromatic rings. The highest BCUT2D eigenvalue weighted by Crippen LogP contribution is 2.20. The Hall–Kier alpha value is -2.56. The molecule has 0 unspecified atom stereocenters. The van der Waals surface area contributed by atoms with Crippen molar-refractivity contribution in [3.8, 4) is 17.0 Å². The first-order chi connectivity index (χ1) is 10.3. The molecular weight excluding hydrogens is 268 g/mol. The van der Waals surface area contributed by atoms with Crippen LogP contribution in [0.5, 0.6) is 5.75 Å². The molecular formula is C16H16N2O3. The molecule has 0 spiro atoms. The Bertz CT molecular complexity index is 600. The second kappa shape index (κ2) is 6.26. The Kier molecular flexibility index (Phi) is 4.00. The summed E-state index contributed by atoms with van der Waals surface area (Å²) in [6, 6.07) is 11.7. The Morgan fingerprint density at radius 3 is 2.38 bits per heavy atom.